The first-order valence-electron chi connectivity index (χ1n) is 18.9. The fraction of sp³-hybridized carbons (Fsp3) is 0.261. The van der Waals surface area contributed by atoms with E-state index in [4.69, 9.17) is 14.2 Å². The van der Waals surface area contributed by atoms with Gasteiger partial charge in [0.2, 0.25) is 11.7 Å². The molecule has 0 aromatic heterocycles. The Kier molecular flexibility index (Phi) is 15.6. The molecule has 0 aliphatic carbocycles. The third-order valence-electron chi connectivity index (χ3n) is 9.18. The number of ketones is 1. The summed E-state index contributed by atoms with van der Waals surface area (Å²) in [5, 5.41) is 7.20. The highest BCUT2D eigenvalue weighted by atomic mass is 19.3. The fourth-order valence-electron chi connectivity index (χ4n) is 5.95. The van der Waals surface area contributed by atoms with Crippen molar-refractivity contribution in [1.82, 2.24) is 16.0 Å². The van der Waals surface area contributed by atoms with Crippen molar-refractivity contribution < 1.29 is 42.2 Å². The molecule has 58 heavy (non-hydrogen) atoms. The summed E-state index contributed by atoms with van der Waals surface area (Å²) in [6.45, 7) is 3.47. The molecule has 0 bridgehead atoms. The average Bonchev–Trinajstić information content (AvgIpc) is 3.24. The number of amides is 3. The number of alkyl halides is 2. The lowest BCUT2D eigenvalue weighted by Gasteiger charge is -2.28. The van der Waals surface area contributed by atoms with E-state index in [-0.39, 0.29) is 26.4 Å². The van der Waals surface area contributed by atoms with Gasteiger partial charge < -0.3 is 30.2 Å². The number of carbonyl (C=O) groups excluding carboxylic acids is 4. The molecule has 0 saturated carbocycles. The highest BCUT2D eigenvalue weighted by Crippen LogP contribution is 2.24. The minimum atomic E-state index is -4.60. The van der Waals surface area contributed by atoms with E-state index in [9.17, 15) is 19.2 Å². The zero-order valence-electron chi connectivity index (χ0n) is 32.3. The van der Waals surface area contributed by atoms with Gasteiger partial charge in [-0.15, -0.1) is 0 Å². The topological polar surface area (TPSA) is 132 Å². The van der Waals surface area contributed by atoms with Crippen LogP contribution in [0.4, 0.5) is 13.6 Å². The largest absolute Gasteiger partial charge is 0.489 e. The van der Waals surface area contributed by atoms with Crippen molar-refractivity contribution in [1.29, 1.82) is 0 Å². The Labute approximate surface area is 336 Å². The highest BCUT2D eigenvalue weighted by Gasteiger charge is 2.51. The third kappa shape index (κ3) is 12.8. The summed E-state index contributed by atoms with van der Waals surface area (Å²) >= 11 is 0. The van der Waals surface area contributed by atoms with E-state index in [1.807, 2.05) is 66.7 Å². The maximum atomic E-state index is 16.2. The number of nitrogens with one attached hydrogen (secondary N) is 3. The van der Waals surface area contributed by atoms with Gasteiger partial charge in [0.05, 0.1) is 25.3 Å². The van der Waals surface area contributed by atoms with E-state index in [1.165, 1.54) is 0 Å². The fourth-order valence-corrected chi connectivity index (χ4v) is 5.95. The van der Waals surface area contributed by atoms with Crippen LogP contribution in [0.15, 0.2) is 146 Å². The molecule has 0 saturated heterocycles. The number of alkyl carbamates (subject to hydrolysis) is 1. The van der Waals surface area contributed by atoms with Crippen LogP contribution >= 0.6 is 0 Å². The molecule has 5 rings (SSSR count). The molecule has 0 heterocycles. The second-order valence-electron chi connectivity index (χ2n) is 14.0. The molecule has 0 aliphatic heterocycles. The smallest absolute Gasteiger partial charge is 0.408 e. The van der Waals surface area contributed by atoms with Crippen molar-refractivity contribution in [3.8, 4) is 5.75 Å². The van der Waals surface area contributed by atoms with Gasteiger partial charge in [0, 0.05) is 6.42 Å². The Balaban J connectivity index is 1.33. The van der Waals surface area contributed by atoms with Crippen LogP contribution in [0.2, 0.25) is 0 Å². The van der Waals surface area contributed by atoms with Gasteiger partial charge in [-0.3, -0.25) is 14.4 Å². The van der Waals surface area contributed by atoms with Gasteiger partial charge in [0.15, 0.2) is 0 Å². The normalized spacial score (nSPS) is 12.8. The molecular formula is C46H47F2N3O7. The molecule has 0 aliphatic rings. The van der Waals surface area contributed by atoms with E-state index >= 15 is 8.78 Å². The lowest BCUT2D eigenvalue weighted by molar-refractivity contribution is -0.161. The Morgan fingerprint density at radius 2 is 1.12 bits per heavy atom. The molecular weight excluding hydrogens is 745 g/mol. The lowest BCUT2D eigenvalue weighted by atomic mass is 9.96. The molecule has 10 nitrogen and oxygen atoms in total. The lowest BCUT2D eigenvalue weighted by Crippen LogP contribution is -2.59. The molecule has 3 N–H and O–H groups in total. The predicted octanol–water partition coefficient (Wildman–Crippen LogP) is 7.52. The number of rotatable bonds is 20. The molecule has 12 heteroatoms. The minimum absolute atomic E-state index is 0.0755. The quantitative estimate of drug-likeness (QED) is 0.0695. The Morgan fingerprint density at radius 1 is 0.603 bits per heavy atom. The average molecular weight is 792 g/mol. The van der Waals surface area contributed by atoms with Crippen LogP contribution in [0.1, 0.15) is 47.7 Å². The number of hydrogen-bond donors (Lipinski definition) is 3. The summed E-state index contributed by atoms with van der Waals surface area (Å²) in [7, 11) is 0. The molecule has 302 valence electrons. The van der Waals surface area contributed by atoms with Crippen LogP contribution in [-0.2, 0) is 50.1 Å². The van der Waals surface area contributed by atoms with Gasteiger partial charge in [0.25, 0.3) is 5.91 Å². The number of hydrogen-bond acceptors (Lipinski definition) is 7. The van der Waals surface area contributed by atoms with Crippen molar-refractivity contribution in [2.24, 2.45) is 5.92 Å². The molecule has 3 amide bonds. The van der Waals surface area contributed by atoms with Gasteiger partial charge in [-0.2, -0.15) is 8.78 Å². The summed E-state index contributed by atoms with van der Waals surface area (Å²) in [6.07, 6.45) is -1.32. The number of carbonyl (C=O) groups is 4. The summed E-state index contributed by atoms with van der Waals surface area (Å²) in [5.41, 5.74) is 3.37. The van der Waals surface area contributed by atoms with Crippen LogP contribution in [0.25, 0.3) is 0 Å². The monoisotopic (exact) mass is 791 g/mol. The van der Waals surface area contributed by atoms with Gasteiger partial charge in [0.1, 0.15) is 25.0 Å². The maximum absolute atomic E-state index is 16.2. The maximum Gasteiger partial charge on any atom is 0.408 e. The Bertz CT molecular complexity index is 2050. The Morgan fingerprint density at radius 3 is 1.67 bits per heavy atom. The van der Waals surface area contributed by atoms with E-state index in [0.717, 1.165) is 11.1 Å². The number of benzene rings is 5. The summed E-state index contributed by atoms with van der Waals surface area (Å²) in [6, 6.07) is 38.2. The van der Waals surface area contributed by atoms with Gasteiger partial charge in [-0.05, 0) is 45.9 Å². The summed E-state index contributed by atoms with van der Waals surface area (Å²) in [4.78, 5) is 53.8. The minimum Gasteiger partial charge on any atom is -0.489 e. The first-order valence-corrected chi connectivity index (χ1v) is 18.9. The van der Waals surface area contributed by atoms with Gasteiger partial charge >= 0.3 is 12.0 Å². The Hall–Kier alpha value is -6.40. The van der Waals surface area contributed by atoms with E-state index in [2.05, 4.69) is 16.0 Å². The predicted molar refractivity (Wildman–Crippen MR) is 215 cm³/mol. The van der Waals surface area contributed by atoms with Crippen LogP contribution in [-0.4, -0.2) is 48.3 Å². The van der Waals surface area contributed by atoms with E-state index in [1.54, 1.807) is 92.7 Å². The zero-order chi connectivity index (χ0) is 41.3. The van der Waals surface area contributed by atoms with Crippen molar-refractivity contribution in [3.63, 3.8) is 0 Å². The highest BCUT2D eigenvalue weighted by molar-refractivity contribution is 6.10. The molecule has 0 unspecified atom stereocenters. The van der Waals surface area contributed by atoms with Gasteiger partial charge in [-0.1, -0.05) is 147 Å². The van der Waals surface area contributed by atoms with Crippen LogP contribution in [0.3, 0.4) is 0 Å². The molecule has 0 fully saturated rings. The van der Waals surface area contributed by atoms with Gasteiger partial charge in [-0.25, -0.2) is 4.79 Å². The first-order chi connectivity index (χ1) is 28.0. The molecule has 0 spiro atoms. The standard InChI is InChI=1S/C46H47F2N3O7/c1-32(2)41(51-45(55)58-30-36-19-11-5-12-20-36)43(53)49-39(27-33-23-25-38(26-24-33)57-29-35-17-9-4-10-18-35)42(52)46(47,48)44(54)50-40(37-21-13-6-14-22-37)31-56-28-34-15-7-3-8-16-34/h3-26,32,39-41H,27-31H2,1-2H3,(H,49,53)(H,50,54)(H,51,55)/t39-,40-,41-/m0/s1. The molecule has 0 radical (unpaired) electrons. The van der Waals surface area contributed by atoms with Crippen molar-refractivity contribution in [3.05, 3.63) is 173 Å². The second kappa shape index (κ2) is 21.2. The third-order valence-corrected chi connectivity index (χ3v) is 9.18. The van der Waals surface area contributed by atoms with Crippen molar-refractivity contribution in [2.45, 2.75) is 64.1 Å². The number of ether oxygens (including phenoxy) is 3. The molecule has 3 atom stereocenters. The zero-order valence-corrected chi connectivity index (χ0v) is 32.3. The first kappa shape index (κ1) is 42.7. The van der Waals surface area contributed by atoms with Crippen molar-refractivity contribution in [2.75, 3.05) is 6.61 Å². The van der Waals surface area contributed by atoms with Crippen molar-refractivity contribution >= 4 is 23.7 Å². The summed E-state index contributed by atoms with van der Waals surface area (Å²) < 4.78 is 49.3. The van der Waals surface area contributed by atoms with E-state index < -0.39 is 60.1 Å². The molecule has 5 aromatic carbocycles. The SMILES string of the molecule is CC(C)[C@H](NC(=O)OCc1ccccc1)C(=O)N[C@@H](Cc1ccc(OCc2ccccc2)cc1)C(=O)C(F)(F)C(=O)N[C@@H](COCc1ccccc1)c1ccccc1. The van der Waals surface area contributed by atoms with Crippen LogP contribution in [0, 0.1) is 5.92 Å². The van der Waals surface area contributed by atoms with E-state index in [0.29, 0.717) is 22.4 Å². The van der Waals surface area contributed by atoms with Crippen LogP contribution < -0.4 is 20.7 Å². The van der Waals surface area contributed by atoms with Crippen LogP contribution in [0.5, 0.6) is 5.75 Å². The second-order valence-corrected chi connectivity index (χ2v) is 14.0. The number of Topliss-reactive ketones (excluding diaryl/α,β-unsaturated/α-hetero) is 1. The number of halogens is 2. The molecule has 5 aromatic rings. The summed E-state index contributed by atoms with van der Waals surface area (Å²) in [5.74, 6) is -9.27.